The largest absolute Gasteiger partial charge is 0.508 e. The van der Waals surface area contributed by atoms with Gasteiger partial charge in [0.15, 0.2) is 0 Å². The first-order valence-electron chi connectivity index (χ1n) is 6.67. The van der Waals surface area contributed by atoms with Gasteiger partial charge in [0.2, 0.25) is 10.0 Å². The lowest BCUT2D eigenvalue weighted by atomic mass is 10.0. The van der Waals surface area contributed by atoms with Gasteiger partial charge in [-0.25, -0.2) is 8.42 Å². The molecule has 1 aromatic carbocycles. The van der Waals surface area contributed by atoms with Crippen LogP contribution < -0.4 is 0 Å². The predicted octanol–water partition coefficient (Wildman–Crippen LogP) is 2.13. The molecule has 0 saturated heterocycles. The van der Waals surface area contributed by atoms with Crippen LogP contribution >= 0.6 is 0 Å². The van der Waals surface area contributed by atoms with Gasteiger partial charge in [0.25, 0.3) is 0 Å². The first kappa shape index (κ1) is 14.3. The van der Waals surface area contributed by atoms with E-state index < -0.39 is 10.0 Å². The van der Waals surface area contributed by atoms with E-state index in [1.807, 2.05) is 19.9 Å². The molecule has 0 unspecified atom stereocenters. The van der Waals surface area contributed by atoms with E-state index >= 15 is 0 Å². The minimum atomic E-state index is -3.18. The summed E-state index contributed by atoms with van der Waals surface area (Å²) in [6.45, 7) is 4.97. The number of rotatable bonds is 4. The summed E-state index contributed by atoms with van der Waals surface area (Å²) in [6, 6.07) is 5.20. The number of phenolic OH excluding ortho intramolecular Hbond substituents is 1. The highest BCUT2D eigenvalue weighted by Crippen LogP contribution is 2.25. The molecule has 19 heavy (non-hydrogen) atoms. The van der Waals surface area contributed by atoms with Crippen LogP contribution in [0.15, 0.2) is 18.2 Å². The molecule has 0 aliphatic carbocycles. The summed E-state index contributed by atoms with van der Waals surface area (Å²) in [7, 11) is -3.18. The SMILES string of the molecule is CC(C)CCS(=O)(=O)N1CCc2ccc(O)cc2C1. The van der Waals surface area contributed by atoms with Crippen molar-refractivity contribution in [1.82, 2.24) is 4.31 Å². The molecule has 0 spiro atoms. The lowest BCUT2D eigenvalue weighted by molar-refractivity contribution is 0.386. The molecule has 0 fully saturated rings. The van der Waals surface area contributed by atoms with Crippen LogP contribution in [-0.4, -0.2) is 30.1 Å². The number of phenols is 1. The van der Waals surface area contributed by atoms with Gasteiger partial charge in [-0.15, -0.1) is 0 Å². The maximum absolute atomic E-state index is 12.2. The van der Waals surface area contributed by atoms with E-state index in [0.717, 1.165) is 17.5 Å². The van der Waals surface area contributed by atoms with Crippen molar-refractivity contribution in [2.24, 2.45) is 5.92 Å². The Kier molecular flexibility index (Phi) is 4.16. The summed E-state index contributed by atoms with van der Waals surface area (Å²) < 4.78 is 26.0. The van der Waals surface area contributed by atoms with E-state index in [1.54, 1.807) is 12.1 Å². The number of nitrogens with zero attached hydrogens (tertiary/aromatic N) is 1. The predicted molar refractivity (Wildman–Crippen MR) is 75.5 cm³/mol. The number of fused-ring (bicyclic) bond motifs is 1. The van der Waals surface area contributed by atoms with Crippen LogP contribution in [0, 0.1) is 5.92 Å². The number of benzene rings is 1. The lowest BCUT2D eigenvalue weighted by Crippen LogP contribution is -2.37. The van der Waals surface area contributed by atoms with Crippen molar-refractivity contribution in [3.8, 4) is 5.75 Å². The molecule has 5 heteroatoms. The highest BCUT2D eigenvalue weighted by molar-refractivity contribution is 7.89. The van der Waals surface area contributed by atoms with Gasteiger partial charge in [-0.1, -0.05) is 19.9 Å². The molecule has 1 aromatic rings. The smallest absolute Gasteiger partial charge is 0.214 e. The molecule has 4 nitrogen and oxygen atoms in total. The molecule has 1 aliphatic rings. The van der Waals surface area contributed by atoms with Crippen molar-refractivity contribution >= 4 is 10.0 Å². The summed E-state index contributed by atoms with van der Waals surface area (Å²) >= 11 is 0. The average molecular weight is 283 g/mol. The van der Waals surface area contributed by atoms with Gasteiger partial charge in [-0.2, -0.15) is 4.31 Å². The molecule has 1 N–H and O–H groups in total. The molecular weight excluding hydrogens is 262 g/mol. The Hall–Kier alpha value is -1.07. The fourth-order valence-electron chi connectivity index (χ4n) is 2.27. The molecule has 1 heterocycles. The van der Waals surface area contributed by atoms with Gasteiger partial charge in [0.1, 0.15) is 5.75 Å². The summed E-state index contributed by atoms with van der Waals surface area (Å²) in [5.74, 6) is 0.787. The van der Waals surface area contributed by atoms with Crippen molar-refractivity contribution in [2.45, 2.75) is 33.2 Å². The third kappa shape index (κ3) is 3.48. The third-order valence-electron chi connectivity index (χ3n) is 3.51. The monoisotopic (exact) mass is 283 g/mol. The normalized spacial score (nSPS) is 16.6. The molecule has 0 bridgehead atoms. The van der Waals surface area contributed by atoms with Crippen LogP contribution in [0.4, 0.5) is 0 Å². The van der Waals surface area contributed by atoms with Crippen molar-refractivity contribution in [1.29, 1.82) is 0 Å². The second-order valence-electron chi connectivity index (χ2n) is 5.54. The van der Waals surface area contributed by atoms with E-state index in [2.05, 4.69) is 0 Å². The summed E-state index contributed by atoms with van der Waals surface area (Å²) in [6.07, 6.45) is 1.41. The Bertz CT molecular complexity index is 552. The van der Waals surface area contributed by atoms with E-state index in [1.165, 1.54) is 4.31 Å². The highest BCUT2D eigenvalue weighted by Gasteiger charge is 2.26. The zero-order valence-corrected chi connectivity index (χ0v) is 12.3. The maximum Gasteiger partial charge on any atom is 0.214 e. The van der Waals surface area contributed by atoms with Crippen LogP contribution in [-0.2, 0) is 23.0 Å². The minimum Gasteiger partial charge on any atom is -0.508 e. The molecular formula is C14H21NO3S. The van der Waals surface area contributed by atoms with Gasteiger partial charge in [0.05, 0.1) is 5.75 Å². The standard InChI is InChI=1S/C14H21NO3S/c1-11(2)6-8-19(17,18)15-7-5-12-3-4-14(16)9-13(12)10-15/h3-4,9,11,16H,5-8,10H2,1-2H3. The number of hydrogen-bond acceptors (Lipinski definition) is 3. The first-order chi connectivity index (χ1) is 8.88. The van der Waals surface area contributed by atoms with E-state index in [0.29, 0.717) is 25.4 Å². The zero-order chi connectivity index (χ0) is 14.0. The molecule has 2 rings (SSSR count). The lowest BCUT2D eigenvalue weighted by Gasteiger charge is -2.28. The van der Waals surface area contributed by atoms with E-state index in [9.17, 15) is 13.5 Å². The zero-order valence-electron chi connectivity index (χ0n) is 11.5. The van der Waals surface area contributed by atoms with Crippen LogP contribution in [0.1, 0.15) is 31.4 Å². The number of hydrogen-bond donors (Lipinski definition) is 1. The fourth-order valence-corrected chi connectivity index (χ4v) is 4.00. The molecule has 0 aromatic heterocycles. The van der Waals surface area contributed by atoms with Crippen LogP contribution in [0.5, 0.6) is 5.75 Å². The highest BCUT2D eigenvalue weighted by atomic mass is 32.2. The second kappa shape index (κ2) is 5.51. The van der Waals surface area contributed by atoms with Crippen LogP contribution in [0.25, 0.3) is 0 Å². The maximum atomic E-state index is 12.2. The summed E-state index contributed by atoms with van der Waals surface area (Å²) in [5.41, 5.74) is 2.05. The van der Waals surface area contributed by atoms with Crippen molar-refractivity contribution < 1.29 is 13.5 Å². The average Bonchev–Trinajstić information content (AvgIpc) is 2.35. The van der Waals surface area contributed by atoms with Gasteiger partial charge in [0, 0.05) is 13.1 Å². The second-order valence-corrected chi connectivity index (χ2v) is 7.62. The Balaban J connectivity index is 2.12. The van der Waals surface area contributed by atoms with Crippen molar-refractivity contribution in [3.63, 3.8) is 0 Å². The molecule has 106 valence electrons. The fraction of sp³-hybridized carbons (Fsp3) is 0.571. The Labute approximate surface area is 115 Å². The van der Waals surface area contributed by atoms with Crippen molar-refractivity contribution in [3.05, 3.63) is 29.3 Å². The Morgan fingerprint density at radius 1 is 1.32 bits per heavy atom. The number of sulfonamides is 1. The summed E-state index contributed by atoms with van der Waals surface area (Å²) in [5, 5.41) is 9.49. The molecule has 0 amide bonds. The van der Waals surface area contributed by atoms with Crippen LogP contribution in [0.3, 0.4) is 0 Å². The quantitative estimate of drug-likeness (QED) is 0.921. The molecule has 0 radical (unpaired) electrons. The Morgan fingerprint density at radius 2 is 2.05 bits per heavy atom. The van der Waals surface area contributed by atoms with Gasteiger partial charge in [-0.05, 0) is 42.0 Å². The molecule has 0 saturated carbocycles. The Morgan fingerprint density at radius 3 is 2.74 bits per heavy atom. The molecule has 0 atom stereocenters. The van der Waals surface area contributed by atoms with Crippen LogP contribution in [0.2, 0.25) is 0 Å². The first-order valence-corrected chi connectivity index (χ1v) is 8.28. The van der Waals surface area contributed by atoms with Crippen molar-refractivity contribution in [2.75, 3.05) is 12.3 Å². The van der Waals surface area contributed by atoms with Gasteiger partial charge in [-0.3, -0.25) is 0 Å². The van der Waals surface area contributed by atoms with E-state index in [4.69, 9.17) is 0 Å². The topological polar surface area (TPSA) is 57.6 Å². The number of aromatic hydroxyl groups is 1. The van der Waals surface area contributed by atoms with Gasteiger partial charge < -0.3 is 5.11 Å². The summed E-state index contributed by atoms with van der Waals surface area (Å²) in [4.78, 5) is 0. The van der Waals surface area contributed by atoms with E-state index in [-0.39, 0.29) is 11.5 Å². The molecule has 1 aliphatic heterocycles. The van der Waals surface area contributed by atoms with Gasteiger partial charge >= 0.3 is 0 Å². The minimum absolute atomic E-state index is 0.195. The third-order valence-corrected chi connectivity index (χ3v) is 5.36.